The first-order chi connectivity index (χ1) is 16.0. The zero-order chi connectivity index (χ0) is 23.4. The van der Waals surface area contributed by atoms with Crippen LogP contribution in [0.5, 0.6) is 11.5 Å². The zero-order valence-electron chi connectivity index (χ0n) is 18.8. The number of aryl methyl sites for hydroxylation is 1. The van der Waals surface area contributed by atoms with Crippen LogP contribution in [0.4, 0.5) is 0 Å². The molecule has 1 aromatic heterocycles. The second-order valence-electron chi connectivity index (χ2n) is 7.69. The lowest BCUT2D eigenvalue weighted by molar-refractivity contribution is -0.132. The molecule has 0 saturated carbocycles. The highest BCUT2D eigenvalue weighted by atomic mass is 32.1. The van der Waals surface area contributed by atoms with Crippen LogP contribution in [0, 0.1) is 6.92 Å². The van der Waals surface area contributed by atoms with Crippen LogP contribution in [0.1, 0.15) is 22.4 Å². The number of nitrogens with zero attached hydrogens (tertiary/aromatic N) is 2. The normalized spacial score (nSPS) is 12.8. The number of fused-ring (bicyclic) bond motifs is 1. The molecule has 0 saturated heterocycles. The summed E-state index contributed by atoms with van der Waals surface area (Å²) in [5.41, 5.74) is 4.67. The van der Waals surface area contributed by atoms with Gasteiger partial charge in [0.2, 0.25) is 11.8 Å². The molecule has 2 aromatic carbocycles. The van der Waals surface area contributed by atoms with Gasteiger partial charge >= 0.3 is 0 Å². The molecular formula is C25H25N3O4S. The molecule has 1 aliphatic heterocycles. The van der Waals surface area contributed by atoms with Crippen molar-refractivity contribution in [2.45, 2.75) is 19.9 Å². The first-order valence-electron chi connectivity index (χ1n) is 10.5. The number of carbonyl (C=O) groups is 2. The Labute approximate surface area is 196 Å². The Morgan fingerprint density at radius 2 is 1.97 bits per heavy atom. The van der Waals surface area contributed by atoms with Gasteiger partial charge < -0.3 is 19.7 Å². The average molecular weight is 464 g/mol. The summed E-state index contributed by atoms with van der Waals surface area (Å²) in [6, 6.07) is 11.6. The number of carbonyl (C=O) groups excluding carboxylic acids is 2. The molecule has 2 amide bonds. The minimum Gasteiger partial charge on any atom is -0.493 e. The molecule has 33 heavy (non-hydrogen) atoms. The van der Waals surface area contributed by atoms with Crippen LogP contribution >= 0.6 is 11.3 Å². The van der Waals surface area contributed by atoms with Crippen LogP contribution in [0.15, 0.2) is 48.0 Å². The van der Waals surface area contributed by atoms with E-state index in [1.165, 1.54) is 4.90 Å². The smallest absolute Gasteiger partial charge is 0.240 e. The van der Waals surface area contributed by atoms with Gasteiger partial charge in [-0.05, 0) is 47.9 Å². The predicted molar refractivity (Wildman–Crippen MR) is 128 cm³/mol. The number of nitrogens with one attached hydrogen (secondary N) is 1. The van der Waals surface area contributed by atoms with Crippen molar-refractivity contribution >= 4 is 29.2 Å². The molecule has 1 aliphatic rings. The maximum atomic E-state index is 12.8. The van der Waals surface area contributed by atoms with Crippen molar-refractivity contribution in [2.24, 2.45) is 0 Å². The molecular weight excluding hydrogens is 438 g/mol. The van der Waals surface area contributed by atoms with Crippen molar-refractivity contribution in [1.82, 2.24) is 15.2 Å². The molecule has 0 fully saturated rings. The van der Waals surface area contributed by atoms with E-state index >= 15 is 0 Å². The number of hydrogen-bond donors (Lipinski definition) is 1. The number of rotatable bonds is 7. The van der Waals surface area contributed by atoms with Gasteiger partial charge in [0.15, 0.2) is 11.5 Å². The number of amides is 2. The van der Waals surface area contributed by atoms with Crippen molar-refractivity contribution in [1.29, 1.82) is 0 Å². The van der Waals surface area contributed by atoms with E-state index in [-0.39, 0.29) is 24.8 Å². The molecule has 0 atom stereocenters. The van der Waals surface area contributed by atoms with Crippen LogP contribution in [-0.4, -0.2) is 42.5 Å². The van der Waals surface area contributed by atoms with E-state index in [0.717, 1.165) is 33.0 Å². The van der Waals surface area contributed by atoms with Crippen molar-refractivity contribution in [2.75, 3.05) is 20.8 Å². The van der Waals surface area contributed by atoms with Gasteiger partial charge in [0, 0.05) is 29.4 Å². The molecule has 7 nitrogen and oxygen atoms in total. The number of benzene rings is 2. The highest BCUT2D eigenvalue weighted by molar-refractivity contribution is 7.13. The summed E-state index contributed by atoms with van der Waals surface area (Å²) in [4.78, 5) is 31.3. The van der Waals surface area contributed by atoms with Gasteiger partial charge in [0.1, 0.15) is 11.6 Å². The standard InChI is InChI=1S/C25H25N3O4S/c1-16-15-33-25(27-16)19-6-4-5-17(9-19)13-26-23(29)14-28-8-7-18-10-21(31-2)22(32-3)11-20(18)12-24(28)30/h4-11,15H,12-14H2,1-3H3,(H,26,29). The Kier molecular flexibility index (Phi) is 6.74. The summed E-state index contributed by atoms with van der Waals surface area (Å²) in [6.45, 7) is 2.29. The number of hydrogen-bond acceptors (Lipinski definition) is 6. The fourth-order valence-corrected chi connectivity index (χ4v) is 4.41. The molecule has 0 unspecified atom stereocenters. The molecule has 170 valence electrons. The monoisotopic (exact) mass is 463 g/mol. The summed E-state index contributed by atoms with van der Waals surface area (Å²) in [5, 5.41) is 5.87. The first kappa shape index (κ1) is 22.5. The minimum absolute atomic E-state index is 0.0526. The second-order valence-corrected chi connectivity index (χ2v) is 8.55. The lowest BCUT2D eigenvalue weighted by Gasteiger charge is -2.17. The third-order valence-corrected chi connectivity index (χ3v) is 6.35. The van der Waals surface area contributed by atoms with Crippen LogP contribution in [0.2, 0.25) is 0 Å². The maximum absolute atomic E-state index is 12.8. The summed E-state index contributed by atoms with van der Waals surface area (Å²) < 4.78 is 10.7. The van der Waals surface area contributed by atoms with Gasteiger partial charge in [0.05, 0.1) is 20.6 Å². The van der Waals surface area contributed by atoms with E-state index in [0.29, 0.717) is 18.0 Å². The van der Waals surface area contributed by atoms with E-state index in [4.69, 9.17) is 9.47 Å². The van der Waals surface area contributed by atoms with Gasteiger partial charge in [-0.1, -0.05) is 18.2 Å². The summed E-state index contributed by atoms with van der Waals surface area (Å²) in [5.74, 6) is 0.770. The van der Waals surface area contributed by atoms with Crippen LogP contribution in [-0.2, 0) is 22.6 Å². The number of thiazole rings is 1. The minimum atomic E-state index is -0.232. The molecule has 0 spiro atoms. The van der Waals surface area contributed by atoms with Gasteiger partial charge in [-0.2, -0.15) is 0 Å². The van der Waals surface area contributed by atoms with Gasteiger partial charge in [0.25, 0.3) is 0 Å². The molecule has 0 aliphatic carbocycles. The zero-order valence-corrected chi connectivity index (χ0v) is 19.6. The van der Waals surface area contributed by atoms with Crippen molar-refractivity contribution in [3.05, 3.63) is 70.4 Å². The number of methoxy groups -OCH3 is 2. The first-order valence-corrected chi connectivity index (χ1v) is 11.4. The molecule has 3 aromatic rings. The lowest BCUT2D eigenvalue weighted by atomic mass is 10.0. The Morgan fingerprint density at radius 1 is 1.18 bits per heavy atom. The maximum Gasteiger partial charge on any atom is 0.240 e. The Bertz CT molecular complexity index is 1220. The second kappa shape index (κ2) is 9.87. The quantitative estimate of drug-likeness (QED) is 0.576. The van der Waals surface area contributed by atoms with Crippen molar-refractivity contribution in [3.8, 4) is 22.1 Å². The highest BCUT2D eigenvalue weighted by Gasteiger charge is 2.21. The molecule has 2 heterocycles. The van der Waals surface area contributed by atoms with E-state index in [2.05, 4.69) is 10.3 Å². The molecule has 1 N–H and O–H groups in total. The van der Waals surface area contributed by atoms with Crippen LogP contribution in [0.25, 0.3) is 16.6 Å². The average Bonchev–Trinajstić information content (AvgIpc) is 3.20. The Hall–Kier alpha value is -3.65. The van der Waals surface area contributed by atoms with E-state index in [9.17, 15) is 9.59 Å². The molecule has 0 bridgehead atoms. The van der Waals surface area contributed by atoms with Crippen molar-refractivity contribution in [3.63, 3.8) is 0 Å². The summed E-state index contributed by atoms with van der Waals surface area (Å²) in [6.07, 6.45) is 3.63. The SMILES string of the molecule is COc1cc2c(cc1OC)CC(=O)N(CC(=O)NCc1cccc(-c3nc(C)cs3)c1)C=C2. The third-order valence-electron chi connectivity index (χ3n) is 5.34. The van der Waals surface area contributed by atoms with Crippen LogP contribution in [0.3, 0.4) is 0 Å². The predicted octanol–water partition coefficient (Wildman–Crippen LogP) is 3.81. The van der Waals surface area contributed by atoms with E-state index < -0.39 is 0 Å². The number of aromatic nitrogens is 1. The fourth-order valence-electron chi connectivity index (χ4n) is 3.62. The van der Waals surface area contributed by atoms with Gasteiger partial charge in [-0.25, -0.2) is 4.98 Å². The lowest BCUT2D eigenvalue weighted by Crippen LogP contribution is -2.37. The van der Waals surface area contributed by atoms with Crippen LogP contribution < -0.4 is 14.8 Å². The fraction of sp³-hybridized carbons (Fsp3) is 0.240. The number of ether oxygens (including phenoxy) is 2. The van der Waals surface area contributed by atoms with Crippen molar-refractivity contribution < 1.29 is 19.1 Å². The summed E-state index contributed by atoms with van der Waals surface area (Å²) in [7, 11) is 3.13. The molecule has 0 radical (unpaired) electrons. The Balaban J connectivity index is 1.39. The van der Waals surface area contributed by atoms with Gasteiger partial charge in [-0.15, -0.1) is 11.3 Å². The highest BCUT2D eigenvalue weighted by Crippen LogP contribution is 2.32. The summed E-state index contributed by atoms with van der Waals surface area (Å²) >= 11 is 1.59. The van der Waals surface area contributed by atoms with Gasteiger partial charge in [-0.3, -0.25) is 9.59 Å². The Morgan fingerprint density at radius 3 is 2.70 bits per heavy atom. The molecule has 8 heteroatoms. The van der Waals surface area contributed by atoms with E-state index in [1.54, 1.807) is 37.8 Å². The largest absolute Gasteiger partial charge is 0.493 e. The van der Waals surface area contributed by atoms with E-state index in [1.807, 2.05) is 48.7 Å². The third kappa shape index (κ3) is 5.23. The topological polar surface area (TPSA) is 80.8 Å². The molecule has 4 rings (SSSR count).